The first-order valence-corrected chi connectivity index (χ1v) is 6.46. The van der Waals surface area contributed by atoms with Crippen LogP contribution in [0.4, 0.5) is 11.4 Å². The van der Waals surface area contributed by atoms with Crippen LogP contribution in [-0.4, -0.2) is 30.5 Å². The van der Waals surface area contributed by atoms with Crippen LogP contribution in [0.3, 0.4) is 0 Å². The first-order valence-electron chi connectivity index (χ1n) is 6.46. The summed E-state index contributed by atoms with van der Waals surface area (Å²) in [5.74, 6) is -0.194. The maximum Gasteiger partial charge on any atom is 0.293 e. The summed E-state index contributed by atoms with van der Waals surface area (Å²) in [6.45, 7) is 0.440. The summed E-state index contributed by atoms with van der Waals surface area (Å²) in [4.78, 5) is 23.7. The van der Waals surface area contributed by atoms with Gasteiger partial charge in [-0.25, -0.2) is 0 Å². The molecule has 0 aliphatic heterocycles. The van der Waals surface area contributed by atoms with Crippen molar-refractivity contribution in [3.63, 3.8) is 0 Å². The van der Waals surface area contributed by atoms with E-state index in [0.717, 1.165) is 12.8 Å². The fourth-order valence-electron chi connectivity index (χ4n) is 2.45. The zero-order chi connectivity index (χ0) is 14.9. The van der Waals surface area contributed by atoms with Gasteiger partial charge in [0.1, 0.15) is 5.69 Å². The van der Waals surface area contributed by atoms with Crippen molar-refractivity contribution in [1.82, 2.24) is 0 Å². The summed E-state index contributed by atoms with van der Waals surface area (Å²) in [5.41, 5.74) is 11.4. The van der Waals surface area contributed by atoms with Crippen molar-refractivity contribution in [2.45, 2.75) is 18.9 Å². The number of hydrogen-bond acceptors (Lipinski definition) is 5. The number of hydrogen-bond donors (Lipinski definition) is 2. The van der Waals surface area contributed by atoms with Crippen LogP contribution >= 0.6 is 0 Å². The predicted octanol–water partition coefficient (Wildman–Crippen LogP) is 0.867. The number of amides is 1. The molecule has 0 radical (unpaired) electrons. The lowest BCUT2D eigenvalue weighted by Crippen LogP contribution is -2.40. The van der Waals surface area contributed by atoms with Gasteiger partial charge in [0.2, 0.25) is 5.91 Å². The SMILES string of the molecule is CN(c1ccc(C(N)=O)cc1[N+](=O)[O-])C(CN)C1CC1. The smallest absolute Gasteiger partial charge is 0.293 e. The highest BCUT2D eigenvalue weighted by Crippen LogP contribution is 2.38. The van der Waals surface area contributed by atoms with E-state index in [9.17, 15) is 14.9 Å². The number of carbonyl (C=O) groups is 1. The lowest BCUT2D eigenvalue weighted by Gasteiger charge is -2.28. The fraction of sp³-hybridized carbons (Fsp3) is 0.462. The Labute approximate surface area is 116 Å². The molecule has 1 amide bonds. The molecule has 1 aliphatic rings. The van der Waals surface area contributed by atoms with Gasteiger partial charge in [0.05, 0.1) is 4.92 Å². The minimum absolute atomic E-state index is 0.0770. The van der Waals surface area contributed by atoms with Crippen molar-refractivity contribution in [2.75, 3.05) is 18.5 Å². The van der Waals surface area contributed by atoms with Gasteiger partial charge in [0, 0.05) is 31.3 Å². The van der Waals surface area contributed by atoms with Crippen molar-refractivity contribution >= 4 is 17.3 Å². The second-order valence-corrected chi connectivity index (χ2v) is 5.08. The number of nitrogens with zero attached hydrogens (tertiary/aromatic N) is 2. The third-order valence-electron chi connectivity index (χ3n) is 3.74. The summed E-state index contributed by atoms with van der Waals surface area (Å²) in [7, 11) is 1.79. The molecule has 1 fully saturated rings. The molecule has 1 saturated carbocycles. The minimum Gasteiger partial charge on any atom is -0.366 e. The molecule has 1 aromatic rings. The van der Waals surface area contributed by atoms with Gasteiger partial charge in [0.25, 0.3) is 5.69 Å². The van der Waals surface area contributed by atoms with Crippen LogP contribution in [0.15, 0.2) is 18.2 Å². The molecule has 7 nitrogen and oxygen atoms in total. The largest absolute Gasteiger partial charge is 0.366 e. The number of benzene rings is 1. The van der Waals surface area contributed by atoms with E-state index in [4.69, 9.17) is 11.5 Å². The lowest BCUT2D eigenvalue weighted by atomic mass is 10.1. The molecule has 7 heteroatoms. The van der Waals surface area contributed by atoms with E-state index in [-0.39, 0.29) is 17.3 Å². The van der Waals surface area contributed by atoms with Crippen LogP contribution in [-0.2, 0) is 0 Å². The number of likely N-dealkylation sites (N-methyl/N-ethyl adjacent to an activating group) is 1. The van der Waals surface area contributed by atoms with E-state index in [1.165, 1.54) is 12.1 Å². The number of nitro benzene ring substituents is 1. The van der Waals surface area contributed by atoms with Crippen molar-refractivity contribution in [2.24, 2.45) is 17.4 Å². The van der Waals surface area contributed by atoms with E-state index in [1.54, 1.807) is 13.1 Å². The van der Waals surface area contributed by atoms with Gasteiger partial charge in [-0.05, 0) is 30.9 Å². The van der Waals surface area contributed by atoms with Crippen LogP contribution in [0.1, 0.15) is 23.2 Å². The van der Waals surface area contributed by atoms with Crippen molar-refractivity contribution in [3.8, 4) is 0 Å². The number of nitrogens with two attached hydrogens (primary N) is 2. The summed E-state index contributed by atoms with van der Waals surface area (Å²) < 4.78 is 0. The Morgan fingerprint density at radius 2 is 2.20 bits per heavy atom. The maximum atomic E-state index is 11.2. The van der Waals surface area contributed by atoms with Crippen LogP contribution in [0.5, 0.6) is 0 Å². The molecule has 0 spiro atoms. The minimum atomic E-state index is -0.681. The average Bonchev–Trinajstić information content (AvgIpc) is 3.23. The quantitative estimate of drug-likeness (QED) is 0.591. The monoisotopic (exact) mass is 278 g/mol. The van der Waals surface area contributed by atoms with Crippen molar-refractivity contribution in [1.29, 1.82) is 0 Å². The molecule has 0 bridgehead atoms. The fourth-order valence-corrected chi connectivity index (χ4v) is 2.45. The van der Waals surface area contributed by atoms with Gasteiger partial charge >= 0.3 is 0 Å². The molecule has 1 aliphatic carbocycles. The Bertz CT molecular complexity index is 542. The molecular formula is C13H18N4O3. The first kappa shape index (κ1) is 14.3. The highest BCUT2D eigenvalue weighted by Gasteiger charge is 2.35. The number of primary amides is 1. The zero-order valence-corrected chi connectivity index (χ0v) is 11.3. The van der Waals surface area contributed by atoms with Gasteiger partial charge in [0.15, 0.2) is 0 Å². The van der Waals surface area contributed by atoms with Crippen molar-refractivity contribution < 1.29 is 9.72 Å². The Morgan fingerprint density at radius 3 is 2.65 bits per heavy atom. The molecule has 0 heterocycles. The van der Waals surface area contributed by atoms with Gasteiger partial charge in [-0.1, -0.05) is 0 Å². The number of rotatable bonds is 6. The third-order valence-corrected chi connectivity index (χ3v) is 3.74. The van der Waals surface area contributed by atoms with E-state index < -0.39 is 10.8 Å². The zero-order valence-electron chi connectivity index (χ0n) is 11.3. The Kier molecular flexibility index (Phi) is 3.89. The van der Waals surface area contributed by atoms with E-state index in [0.29, 0.717) is 18.2 Å². The van der Waals surface area contributed by atoms with Crippen molar-refractivity contribution in [3.05, 3.63) is 33.9 Å². The Hall–Kier alpha value is -2.15. The average molecular weight is 278 g/mol. The number of carbonyl (C=O) groups excluding carboxylic acids is 1. The van der Waals surface area contributed by atoms with Crippen LogP contribution in [0.25, 0.3) is 0 Å². The molecular weight excluding hydrogens is 260 g/mol. The normalized spacial score (nSPS) is 15.7. The van der Waals surface area contributed by atoms with Gasteiger partial charge < -0.3 is 16.4 Å². The van der Waals surface area contributed by atoms with Gasteiger partial charge in [-0.2, -0.15) is 0 Å². The summed E-state index contributed by atoms with van der Waals surface area (Å²) in [6, 6.07) is 4.35. The second-order valence-electron chi connectivity index (χ2n) is 5.08. The molecule has 0 saturated heterocycles. The topological polar surface area (TPSA) is 115 Å². The van der Waals surface area contributed by atoms with E-state index in [2.05, 4.69) is 0 Å². The molecule has 1 unspecified atom stereocenters. The molecule has 1 atom stereocenters. The molecule has 0 aromatic heterocycles. The van der Waals surface area contributed by atoms with Gasteiger partial charge in [-0.15, -0.1) is 0 Å². The maximum absolute atomic E-state index is 11.2. The third kappa shape index (κ3) is 2.72. The Balaban J connectivity index is 2.39. The molecule has 4 N–H and O–H groups in total. The van der Waals surface area contributed by atoms with E-state index in [1.807, 2.05) is 4.90 Å². The lowest BCUT2D eigenvalue weighted by molar-refractivity contribution is -0.384. The predicted molar refractivity (Wildman–Crippen MR) is 75.6 cm³/mol. The highest BCUT2D eigenvalue weighted by molar-refractivity contribution is 5.94. The molecule has 108 valence electrons. The van der Waals surface area contributed by atoms with Crippen LogP contribution in [0.2, 0.25) is 0 Å². The summed E-state index contributed by atoms with van der Waals surface area (Å²) in [5, 5.41) is 11.2. The number of nitro groups is 1. The van der Waals surface area contributed by atoms with E-state index >= 15 is 0 Å². The molecule has 20 heavy (non-hydrogen) atoms. The first-order chi connectivity index (χ1) is 9.45. The summed E-state index contributed by atoms with van der Waals surface area (Å²) in [6.07, 6.45) is 2.19. The Morgan fingerprint density at radius 1 is 1.55 bits per heavy atom. The standard InChI is InChI=1S/C13H18N4O3/c1-16(12(7-14)8-2-3-8)10-5-4-9(13(15)18)6-11(10)17(19)20/h4-6,8,12H,2-3,7,14H2,1H3,(H2,15,18). The van der Waals surface area contributed by atoms with Crippen LogP contribution in [0, 0.1) is 16.0 Å². The molecule has 1 aromatic carbocycles. The number of anilines is 1. The second kappa shape index (κ2) is 5.46. The molecule has 2 rings (SSSR count). The summed E-state index contributed by atoms with van der Waals surface area (Å²) >= 11 is 0. The highest BCUT2D eigenvalue weighted by atomic mass is 16.6. The van der Waals surface area contributed by atoms with Crippen LogP contribution < -0.4 is 16.4 Å². The van der Waals surface area contributed by atoms with Gasteiger partial charge in [-0.3, -0.25) is 14.9 Å².